The third-order valence-electron chi connectivity index (χ3n) is 3.34. The van der Waals surface area contributed by atoms with Crippen molar-refractivity contribution in [3.05, 3.63) is 35.9 Å². The maximum Gasteiger partial charge on any atom is 0.408 e. The summed E-state index contributed by atoms with van der Waals surface area (Å²) in [6.07, 6.45) is -0.626. The average molecular weight is 335 g/mol. The van der Waals surface area contributed by atoms with E-state index in [1.54, 1.807) is 20.8 Å². The van der Waals surface area contributed by atoms with Crippen LogP contribution in [0.1, 0.15) is 45.6 Å². The lowest BCUT2D eigenvalue weighted by molar-refractivity contribution is -0.143. The quantitative estimate of drug-likeness (QED) is 0.808. The summed E-state index contributed by atoms with van der Waals surface area (Å²) in [5, 5.41) is 2.49. The zero-order valence-corrected chi connectivity index (χ0v) is 14.8. The molecule has 0 saturated heterocycles. The maximum atomic E-state index is 12.0. The Hall–Kier alpha value is -2.37. The van der Waals surface area contributed by atoms with Gasteiger partial charge in [-0.15, -0.1) is 0 Å². The van der Waals surface area contributed by atoms with E-state index in [2.05, 4.69) is 5.32 Å². The number of ether oxygens (including phenoxy) is 2. The smallest absolute Gasteiger partial charge is 0.408 e. The standard InChI is InChI=1S/C18H25NO5/c1-12(20)14(13-9-7-6-8-10-13)11-15(16(21)23-5)19-17(22)24-18(2,3)4/h6-10,14-15H,11H2,1-5H3,(H,19,22). The number of carbonyl (C=O) groups excluding carboxylic acids is 3. The molecular weight excluding hydrogens is 310 g/mol. The predicted molar refractivity (Wildman–Crippen MR) is 89.7 cm³/mol. The first-order chi connectivity index (χ1) is 11.1. The van der Waals surface area contributed by atoms with Crippen molar-refractivity contribution in [2.45, 2.75) is 51.7 Å². The number of esters is 1. The summed E-state index contributed by atoms with van der Waals surface area (Å²) in [5.74, 6) is -1.24. The van der Waals surface area contributed by atoms with Gasteiger partial charge >= 0.3 is 12.1 Å². The van der Waals surface area contributed by atoms with E-state index in [0.717, 1.165) is 5.56 Å². The molecule has 1 aromatic rings. The Balaban J connectivity index is 2.93. The summed E-state index contributed by atoms with van der Waals surface area (Å²) in [5.41, 5.74) is 0.0920. The number of carbonyl (C=O) groups is 3. The molecule has 0 saturated carbocycles. The second kappa shape index (κ2) is 8.47. The molecule has 0 spiro atoms. The van der Waals surface area contributed by atoms with Gasteiger partial charge in [-0.2, -0.15) is 0 Å². The molecule has 6 nitrogen and oxygen atoms in total. The van der Waals surface area contributed by atoms with Crippen LogP contribution in [-0.4, -0.2) is 36.6 Å². The number of ketones is 1. The Morgan fingerprint density at radius 1 is 1.12 bits per heavy atom. The summed E-state index contributed by atoms with van der Waals surface area (Å²) < 4.78 is 9.91. The van der Waals surface area contributed by atoms with E-state index in [4.69, 9.17) is 9.47 Å². The summed E-state index contributed by atoms with van der Waals surface area (Å²) in [4.78, 5) is 36.0. The molecule has 0 heterocycles. The molecule has 1 N–H and O–H groups in total. The van der Waals surface area contributed by atoms with Crippen LogP contribution in [0.3, 0.4) is 0 Å². The number of alkyl carbamates (subject to hydrolysis) is 1. The van der Waals surface area contributed by atoms with E-state index in [1.165, 1.54) is 14.0 Å². The molecule has 2 atom stereocenters. The number of methoxy groups -OCH3 is 1. The molecule has 0 aliphatic heterocycles. The van der Waals surface area contributed by atoms with Crippen molar-refractivity contribution in [2.24, 2.45) is 0 Å². The van der Waals surface area contributed by atoms with E-state index in [-0.39, 0.29) is 12.2 Å². The second-order valence-electron chi connectivity index (χ2n) is 6.53. The SMILES string of the molecule is COC(=O)C(CC(C(C)=O)c1ccccc1)NC(=O)OC(C)(C)C. The van der Waals surface area contributed by atoms with Gasteiger partial charge in [0.05, 0.1) is 7.11 Å². The molecule has 6 heteroatoms. The van der Waals surface area contributed by atoms with E-state index < -0.39 is 29.6 Å². The molecular formula is C18H25NO5. The molecule has 0 aromatic heterocycles. The maximum absolute atomic E-state index is 12.0. The van der Waals surface area contributed by atoms with Gasteiger partial charge in [0.25, 0.3) is 0 Å². The molecule has 132 valence electrons. The number of benzene rings is 1. The Labute approximate surface area is 142 Å². The third kappa shape index (κ3) is 6.40. The first-order valence-electron chi connectivity index (χ1n) is 7.76. The van der Waals surface area contributed by atoms with Gasteiger partial charge < -0.3 is 14.8 Å². The highest BCUT2D eigenvalue weighted by molar-refractivity contribution is 5.86. The van der Waals surface area contributed by atoms with E-state index in [9.17, 15) is 14.4 Å². The van der Waals surface area contributed by atoms with Gasteiger partial charge in [0.2, 0.25) is 0 Å². The number of amides is 1. The summed E-state index contributed by atoms with van der Waals surface area (Å²) in [6, 6.07) is 8.14. The Morgan fingerprint density at radius 3 is 2.17 bits per heavy atom. The molecule has 1 rings (SSSR count). The Kier molecular flexibility index (Phi) is 6.95. The fourth-order valence-electron chi connectivity index (χ4n) is 2.26. The fraction of sp³-hybridized carbons (Fsp3) is 0.500. The Morgan fingerprint density at radius 2 is 1.71 bits per heavy atom. The molecule has 1 aromatic carbocycles. The molecule has 0 aliphatic carbocycles. The van der Waals surface area contributed by atoms with E-state index in [1.807, 2.05) is 30.3 Å². The monoisotopic (exact) mass is 335 g/mol. The van der Waals surface area contributed by atoms with Crippen LogP contribution in [0.4, 0.5) is 4.79 Å². The summed E-state index contributed by atoms with van der Waals surface area (Å²) in [6.45, 7) is 6.63. The lowest BCUT2D eigenvalue weighted by Gasteiger charge is -2.24. The van der Waals surface area contributed by atoms with E-state index in [0.29, 0.717) is 0 Å². The number of Topliss-reactive ketones (excluding diaryl/α,β-unsaturated/α-hetero) is 1. The first-order valence-corrected chi connectivity index (χ1v) is 7.76. The van der Waals surface area contributed by atoms with Crippen molar-refractivity contribution in [2.75, 3.05) is 7.11 Å². The molecule has 0 bridgehead atoms. The minimum absolute atomic E-state index is 0.0962. The normalized spacial score (nSPS) is 13.5. The summed E-state index contributed by atoms with van der Waals surface area (Å²) in [7, 11) is 1.23. The van der Waals surface area contributed by atoms with Crippen molar-refractivity contribution in [1.29, 1.82) is 0 Å². The predicted octanol–water partition coefficient (Wildman–Crippen LogP) is 2.82. The molecule has 2 unspecified atom stereocenters. The fourth-order valence-corrected chi connectivity index (χ4v) is 2.26. The van der Waals surface area contributed by atoms with Crippen LogP contribution in [0.2, 0.25) is 0 Å². The number of hydrogen-bond donors (Lipinski definition) is 1. The van der Waals surface area contributed by atoms with Gasteiger partial charge in [0, 0.05) is 5.92 Å². The zero-order chi connectivity index (χ0) is 18.3. The van der Waals surface area contributed by atoms with Gasteiger partial charge in [0.15, 0.2) is 0 Å². The highest BCUT2D eigenvalue weighted by Gasteiger charge is 2.30. The van der Waals surface area contributed by atoms with Crippen LogP contribution in [0, 0.1) is 0 Å². The summed E-state index contributed by atoms with van der Waals surface area (Å²) >= 11 is 0. The molecule has 0 aliphatic rings. The number of hydrogen-bond acceptors (Lipinski definition) is 5. The van der Waals surface area contributed by atoms with Crippen LogP contribution in [-0.2, 0) is 19.1 Å². The molecule has 24 heavy (non-hydrogen) atoms. The van der Waals surface area contributed by atoms with E-state index >= 15 is 0 Å². The van der Waals surface area contributed by atoms with Crippen molar-refractivity contribution < 1.29 is 23.9 Å². The van der Waals surface area contributed by atoms with Gasteiger partial charge in [-0.25, -0.2) is 9.59 Å². The van der Waals surface area contributed by atoms with Gasteiger partial charge in [-0.3, -0.25) is 4.79 Å². The minimum Gasteiger partial charge on any atom is -0.467 e. The van der Waals surface area contributed by atoms with Gasteiger partial charge in [0.1, 0.15) is 17.4 Å². The van der Waals surface area contributed by atoms with Crippen LogP contribution in [0.5, 0.6) is 0 Å². The highest BCUT2D eigenvalue weighted by atomic mass is 16.6. The third-order valence-corrected chi connectivity index (χ3v) is 3.34. The minimum atomic E-state index is -0.973. The van der Waals surface area contributed by atoms with Gasteiger partial charge in [-0.1, -0.05) is 30.3 Å². The molecule has 0 radical (unpaired) electrons. The molecule has 1 amide bonds. The number of nitrogens with one attached hydrogen (secondary N) is 1. The first kappa shape index (κ1) is 19.7. The van der Waals surface area contributed by atoms with Crippen LogP contribution >= 0.6 is 0 Å². The Bertz CT molecular complexity index is 577. The molecule has 0 fully saturated rings. The van der Waals surface area contributed by atoms with Crippen molar-refractivity contribution >= 4 is 17.8 Å². The van der Waals surface area contributed by atoms with Crippen molar-refractivity contribution in [3.63, 3.8) is 0 Å². The number of rotatable bonds is 6. The van der Waals surface area contributed by atoms with Crippen LogP contribution in [0.25, 0.3) is 0 Å². The van der Waals surface area contributed by atoms with Crippen LogP contribution < -0.4 is 5.32 Å². The van der Waals surface area contributed by atoms with Crippen molar-refractivity contribution in [3.8, 4) is 0 Å². The lowest BCUT2D eigenvalue weighted by Crippen LogP contribution is -2.45. The van der Waals surface area contributed by atoms with Gasteiger partial charge in [-0.05, 0) is 39.7 Å². The second-order valence-corrected chi connectivity index (χ2v) is 6.53. The topological polar surface area (TPSA) is 81.7 Å². The zero-order valence-electron chi connectivity index (χ0n) is 14.8. The highest BCUT2D eigenvalue weighted by Crippen LogP contribution is 2.23. The lowest BCUT2D eigenvalue weighted by atomic mass is 9.89. The van der Waals surface area contributed by atoms with Crippen molar-refractivity contribution in [1.82, 2.24) is 5.32 Å². The van der Waals surface area contributed by atoms with Crippen LogP contribution in [0.15, 0.2) is 30.3 Å². The average Bonchev–Trinajstić information content (AvgIpc) is 2.49. The largest absolute Gasteiger partial charge is 0.467 e.